The molecule has 0 radical (unpaired) electrons. The van der Waals surface area contributed by atoms with Crippen LogP contribution in [0.25, 0.3) is 0 Å². The van der Waals surface area contributed by atoms with Crippen LogP contribution >= 0.6 is 0 Å². The minimum absolute atomic E-state index is 0.224. The van der Waals surface area contributed by atoms with E-state index >= 15 is 0 Å². The molecule has 2 aromatic carbocycles. The topological polar surface area (TPSA) is 81.1 Å². The van der Waals surface area contributed by atoms with Crippen LogP contribution in [-0.2, 0) is 0 Å². The molecule has 0 aromatic heterocycles. The second kappa shape index (κ2) is 5.25. The number of carbonyl (C=O) groups is 1. The first-order valence-corrected chi connectivity index (χ1v) is 6.42. The van der Waals surface area contributed by atoms with Crippen LogP contribution in [0.15, 0.2) is 30.3 Å². The SMILES string of the molecule is Cc1cc(C)c(NC(=O)c2ccc(N)cc2N)c(C)c1. The highest BCUT2D eigenvalue weighted by molar-refractivity contribution is 6.08. The van der Waals surface area contributed by atoms with Crippen molar-refractivity contribution in [2.45, 2.75) is 20.8 Å². The van der Waals surface area contributed by atoms with E-state index in [4.69, 9.17) is 11.5 Å². The minimum Gasteiger partial charge on any atom is -0.399 e. The number of nitrogens with one attached hydrogen (secondary N) is 1. The molecule has 0 bridgehead atoms. The molecule has 2 rings (SSSR count). The lowest BCUT2D eigenvalue weighted by Crippen LogP contribution is -2.16. The zero-order chi connectivity index (χ0) is 14.9. The first kappa shape index (κ1) is 13.9. The number of amides is 1. The fourth-order valence-electron chi connectivity index (χ4n) is 2.35. The Morgan fingerprint density at radius 2 is 1.60 bits per heavy atom. The number of nitrogen functional groups attached to an aromatic ring is 2. The second-order valence-electron chi connectivity index (χ2n) is 5.07. The smallest absolute Gasteiger partial charge is 0.257 e. The molecule has 0 fully saturated rings. The van der Waals surface area contributed by atoms with Crippen LogP contribution in [-0.4, -0.2) is 5.91 Å². The molecule has 0 spiro atoms. The van der Waals surface area contributed by atoms with Crippen molar-refractivity contribution in [2.24, 2.45) is 0 Å². The number of carbonyl (C=O) groups excluding carboxylic acids is 1. The third kappa shape index (κ3) is 2.74. The average Bonchev–Trinajstić information content (AvgIpc) is 2.33. The van der Waals surface area contributed by atoms with Crippen LogP contribution in [0.2, 0.25) is 0 Å². The lowest BCUT2D eigenvalue weighted by molar-refractivity contribution is 0.102. The van der Waals surface area contributed by atoms with Crippen molar-refractivity contribution >= 4 is 23.0 Å². The molecular formula is C16H19N3O. The average molecular weight is 269 g/mol. The van der Waals surface area contributed by atoms with Gasteiger partial charge in [-0.05, 0) is 50.1 Å². The number of aryl methyl sites for hydroxylation is 3. The molecule has 1 amide bonds. The Morgan fingerprint density at radius 1 is 1.00 bits per heavy atom. The Kier molecular flexibility index (Phi) is 3.66. The molecule has 20 heavy (non-hydrogen) atoms. The summed E-state index contributed by atoms with van der Waals surface area (Å²) in [5.74, 6) is -0.224. The van der Waals surface area contributed by atoms with Crippen LogP contribution < -0.4 is 16.8 Å². The number of anilines is 3. The summed E-state index contributed by atoms with van der Waals surface area (Å²) in [6.07, 6.45) is 0. The standard InChI is InChI=1S/C16H19N3O/c1-9-6-10(2)15(11(3)7-9)19-16(20)13-5-4-12(17)8-14(13)18/h4-8H,17-18H2,1-3H3,(H,19,20). The highest BCUT2D eigenvalue weighted by Gasteiger charge is 2.13. The number of benzene rings is 2. The zero-order valence-electron chi connectivity index (χ0n) is 11.9. The molecule has 4 heteroatoms. The maximum Gasteiger partial charge on any atom is 0.257 e. The molecule has 0 aliphatic carbocycles. The van der Waals surface area contributed by atoms with Gasteiger partial charge in [-0.25, -0.2) is 0 Å². The maximum absolute atomic E-state index is 12.3. The third-order valence-corrected chi connectivity index (χ3v) is 3.24. The number of hydrogen-bond acceptors (Lipinski definition) is 3. The van der Waals surface area contributed by atoms with Crippen molar-refractivity contribution in [3.05, 3.63) is 52.6 Å². The molecule has 0 aliphatic heterocycles. The van der Waals surface area contributed by atoms with Crippen LogP contribution in [0.5, 0.6) is 0 Å². The van der Waals surface area contributed by atoms with Crippen molar-refractivity contribution in [3.63, 3.8) is 0 Å². The van der Waals surface area contributed by atoms with Crippen molar-refractivity contribution in [1.82, 2.24) is 0 Å². The van der Waals surface area contributed by atoms with Gasteiger partial charge in [-0.2, -0.15) is 0 Å². The Balaban J connectivity index is 2.33. The van der Waals surface area contributed by atoms with Gasteiger partial charge in [-0.15, -0.1) is 0 Å². The van der Waals surface area contributed by atoms with Gasteiger partial charge in [-0.1, -0.05) is 17.7 Å². The fraction of sp³-hybridized carbons (Fsp3) is 0.188. The molecule has 0 aliphatic rings. The lowest BCUT2D eigenvalue weighted by atomic mass is 10.0. The molecular weight excluding hydrogens is 250 g/mol. The summed E-state index contributed by atoms with van der Waals surface area (Å²) in [4.78, 5) is 12.3. The van der Waals surface area contributed by atoms with Gasteiger partial charge >= 0.3 is 0 Å². The molecule has 0 saturated heterocycles. The largest absolute Gasteiger partial charge is 0.399 e. The molecule has 5 N–H and O–H groups in total. The van der Waals surface area contributed by atoms with Crippen LogP contribution in [0.3, 0.4) is 0 Å². The minimum atomic E-state index is -0.224. The van der Waals surface area contributed by atoms with Gasteiger partial charge in [0.25, 0.3) is 5.91 Å². The van der Waals surface area contributed by atoms with E-state index in [2.05, 4.69) is 5.32 Å². The van der Waals surface area contributed by atoms with E-state index in [1.807, 2.05) is 32.9 Å². The first-order chi connectivity index (χ1) is 9.38. The van der Waals surface area contributed by atoms with E-state index in [9.17, 15) is 4.79 Å². The van der Waals surface area contributed by atoms with Crippen LogP contribution in [0.4, 0.5) is 17.1 Å². The highest BCUT2D eigenvalue weighted by Crippen LogP contribution is 2.24. The van der Waals surface area contributed by atoms with Gasteiger partial charge < -0.3 is 16.8 Å². The summed E-state index contributed by atoms with van der Waals surface area (Å²) < 4.78 is 0. The van der Waals surface area contributed by atoms with E-state index in [1.165, 1.54) is 5.56 Å². The van der Waals surface area contributed by atoms with Gasteiger partial charge in [-0.3, -0.25) is 4.79 Å². The van der Waals surface area contributed by atoms with E-state index in [0.29, 0.717) is 16.9 Å². The van der Waals surface area contributed by atoms with Gasteiger partial charge in [0.2, 0.25) is 0 Å². The summed E-state index contributed by atoms with van der Waals surface area (Å²) >= 11 is 0. The van der Waals surface area contributed by atoms with Crippen molar-refractivity contribution < 1.29 is 4.79 Å². The van der Waals surface area contributed by atoms with E-state index in [1.54, 1.807) is 18.2 Å². The van der Waals surface area contributed by atoms with Gasteiger partial charge in [0, 0.05) is 17.1 Å². The van der Waals surface area contributed by atoms with Gasteiger partial charge in [0.1, 0.15) is 0 Å². The Hall–Kier alpha value is -2.49. The summed E-state index contributed by atoms with van der Waals surface area (Å²) in [5.41, 5.74) is 16.9. The summed E-state index contributed by atoms with van der Waals surface area (Å²) in [6, 6.07) is 8.96. The van der Waals surface area contributed by atoms with Crippen molar-refractivity contribution in [3.8, 4) is 0 Å². The highest BCUT2D eigenvalue weighted by atomic mass is 16.1. The Morgan fingerprint density at radius 3 is 2.15 bits per heavy atom. The fourth-order valence-corrected chi connectivity index (χ4v) is 2.35. The molecule has 0 atom stereocenters. The monoisotopic (exact) mass is 269 g/mol. The number of nitrogens with two attached hydrogens (primary N) is 2. The molecule has 0 heterocycles. The predicted molar refractivity (Wildman–Crippen MR) is 83.9 cm³/mol. The maximum atomic E-state index is 12.3. The predicted octanol–water partition coefficient (Wildman–Crippen LogP) is 3.03. The van der Waals surface area contributed by atoms with E-state index < -0.39 is 0 Å². The first-order valence-electron chi connectivity index (χ1n) is 6.42. The normalized spacial score (nSPS) is 10.3. The quantitative estimate of drug-likeness (QED) is 0.733. The number of hydrogen-bond donors (Lipinski definition) is 3. The molecule has 0 saturated carbocycles. The summed E-state index contributed by atoms with van der Waals surface area (Å²) in [7, 11) is 0. The van der Waals surface area contributed by atoms with Crippen molar-refractivity contribution in [1.29, 1.82) is 0 Å². The third-order valence-electron chi connectivity index (χ3n) is 3.24. The summed E-state index contributed by atoms with van der Waals surface area (Å²) in [6.45, 7) is 5.98. The second-order valence-corrected chi connectivity index (χ2v) is 5.07. The zero-order valence-corrected chi connectivity index (χ0v) is 11.9. The molecule has 104 valence electrons. The van der Waals surface area contributed by atoms with Crippen LogP contribution in [0.1, 0.15) is 27.0 Å². The van der Waals surface area contributed by atoms with Crippen LogP contribution in [0, 0.1) is 20.8 Å². The Bertz CT molecular complexity index is 654. The Labute approximate surface area is 118 Å². The van der Waals surface area contributed by atoms with E-state index in [-0.39, 0.29) is 5.91 Å². The van der Waals surface area contributed by atoms with Gasteiger partial charge in [0.15, 0.2) is 0 Å². The molecule has 0 unspecified atom stereocenters. The lowest BCUT2D eigenvalue weighted by Gasteiger charge is -2.14. The molecule has 4 nitrogen and oxygen atoms in total. The summed E-state index contributed by atoms with van der Waals surface area (Å²) in [5, 5.41) is 2.92. The van der Waals surface area contributed by atoms with E-state index in [0.717, 1.165) is 16.8 Å². The number of rotatable bonds is 2. The molecule has 2 aromatic rings. The van der Waals surface area contributed by atoms with Gasteiger partial charge in [0.05, 0.1) is 5.56 Å². The van der Waals surface area contributed by atoms with Crippen molar-refractivity contribution in [2.75, 3.05) is 16.8 Å².